The smallest absolute Gasteiger partial charge is 0.385 e. The molecule has 168 valence electrons. The van der Waals surface area contributed by atoms with Crippen molar-refractivity contribution in [2.24, 2.45) is 0 Å². The van der Waals surface area contributed by atoms with E-state index in [-0.39, 0.29) is 12.1 Å². The van der Waals surface area contributed by atoms with E-state index in [4.69, 9.17) is 4.74 Å². The molecule has 0 amide bonds. The van der Waals surface area contributed by atoms with Crippen LogP contribution < -0.4 is 10.3 Å². The summed E-state index contributed by atoms with van der Waals surface area (Å²) in [7, 11) is 1.57. The van der Waals surface area contributed by atoms with Gasteiger partial charge in [0.1, 0.15) is 11.3 Å². The predicted octanol–water partition coefficient (Wildman–Crippen LogP) is 5.50. The Morgan fingerprint density at radius 3 is 2.23 bits per heavy atom. The summed E-state index contributed by atoms with van der Waals surface area (Å²) in [5, 5.41) is 0.614. The molecule has 0 spiro atoms. The van der Waals surface area contributed by atoms with Gasteiger partial charge in [0.05, 0.1) is 19.2 Å². The number of methoxy groups -OCH3 is 1. The lowest BCUT2D eigenvalue weighted by atomic mass is 10.0. The maximum absolute atomic E-state index is 12.9. The molecule has 0 atom stereocenters. The summed E-state index contributed by atoms with van der Waals surface area (Å²) in [6.45, 7) is 10.2. The zero-order chi connectivity index (χ0) is 23.4. The summed E-state index contributed by atoms with van der Waals surface area (Å²) in [5.41, 5.74) is 0.970. The number of halogens is 1. The summed E-state index contributed by atoms with van der Waals surface area (Å²) >= 11 is 0. The number of benzene rings is 1. The SMILES string of the molecule is CC.CCC.CCc1c(C(=O)OF)c(=O)n(Cc2ccc(OC)cc2)c2ccncc12. The number of ether oxygens (including phenoxy) is 1. The van der Waals surface area contributed by atoms with Crippen molar-refractivity contribution < 1.29 is 19.0 Å². The lowest BCUT2D eigenvalue weighted by Gasteiger charge is -2.15. The molecular formula is C24H31FN2O4. The molecule has 1 aromatic carbocycles. The molecule has 6 nitrogen and oxygen atoms in total. The molecular weight excluding hydrogens is 399 g/mol. The Bertz CT molecular complexity index is 1030. The average Bonchev–Trinajstić information content (AvgIpc) is 2.82. The fourth-order valence-electron chi connectivity index (χ4n) is 3.05. The first-order valence-electron chi connectivity index (χ1n) is 10.5. The molecule has 0 unspecified atom stereocenters. The maximum Gasteiger partial charge on any atom is 0.385 e. The van der Waals surface area contributed by atoms with Gasteiger partial charge in [-0.25, -0.2) is 9.74 Å². The molecule has 2 aromatic heterocycles. The van der Waals surface area contributed by atoms with E-state index < -0.39 is 11.5 Å². The van der Waals surface area contributed by atoms with Crippen LogP contribution in [0.3, 0.4) is 0 Å². The summed E-state index contributed by atoms with van der Waals surface area (Å²) in [4.78, 5) is 32.3. The lowest BCUT2D eigenvalue weighted by molar-refractivity contribution is -0.0790. The van der Waals surface area contributed by atoms with Crippen molar-refractivity contribution in [1.82, 2.24) is 9.55 Å². The van der Waals surface area contributed by atoms with Gasteiger partial charge in [0.2, 0.25) is 0 Å². The normalized spacial score (nSPS) is 9.77. The monoisotopic (exact) mass is 430 g/mol. The second kappa shape index (κ2) is 13.2. The van der Waals surface area contributed by atoms with Crippen LogP contribution in [0.4, 0.5) is 4.53 Å². The van der Waals surface area contributed by atoms with Crippen LogP contribution >= 0.6 is 0 Å². The lowest BCUT2D eigenvalue weighted by Crippen LogP contribution is -2.29. The summed E-state index contributed by atoms with van der Waals surface area (Å²) < 4.78 is 19.1. The first-order chi connectivity index (χ1) is 15.0. The highest BCUT2D eigenvalue weighted by Crippen LogP contribution is 2.22. The van der Waals surface area contributed by atoms with E-state index in [2.05, 4.69) is 23.8 Å². The van der Waals surface area contributed by atoms with Gasteiger partial charge in [-0.1, -0.05) is 53.2 Å². The van der Waals surface area contributed by atoms with Crippen LogP contribution in [-0.4, -0.2) is 22.6 Å². The number of pyridine rings is 2. The Morgan fingerprint density at radius 1 is 1.10 bits per heavy atom. The van der Waals surface area contributed by atoms with Crippen molar-refractivity contribution in [3.05, 3.63) is 69.8 Å². The van der Waals surface area contributed by atoms with Crippen LogP contribution in [0.25, 0.3) is 10.9 Å². The number of aryl methyl sites for hydroxylation is 1. The third-order valence-electron chi connectivity index (χ3n) is 4.30. The largest absolute Gasteiger partial charge is 0.497 e. The molecule has 0 bridgehead atoms. The van der Waals surface area contributed by atoms with Crippen molar-refractivity contribution in [3.63, 3.8) is 0 Å². The van der Waals surface area contributed by atoms with E-state index in [0.717, 1.165) is 5.56 Å². The van der Waals surface area contributed by atoms with Gasteiger partial charge in [-0.3, -0.25) is 9.78 Å². The van der Waals surface area contributed by atoms with Crippen LogP contribution in [0.5, 0.6) is 5.75 Å². The van der Waals surface area contributed by atoms with Crippen molar-refractivity contribution in [2.75, 3.05) is 7.11 Å². The average molecular weight is 431 g/mol. The molecule has 0 saturated carbocycles. The van der Waals surface area contributed by atoms with E-state index in [1.165, 1.54) is 11.0 Å². The number of carbonyl (C=O) groups excluding carboxylic acids is 1. The molecule has 0 saturated heterocycles. The van der Waals surface area contributed by atoms with Crippen LogP contribution in [0.2, 0.25) is 0 Å². The highest BCUT2D eigenvalue weighted by molar-refractivity contribution is 5.96. The highest BCUT2D eigenvalue weighted by Gasteiger charge is 2.23. The number of carbonyl (C=O) groups is 1. The van der Waals surface area contributed by atoms with E-state index >= 15 is 0 Å². The van der Waals surface area contributed by atoms with E-state index in [1.54, 1.807) is 44.6 Å². The minimum atomic E-state index is -1.29. The van der Waals surface area contributed by atoms with Gasteiger partial charge < -0.3 is 9.30 Å². The molecule has 0 N–H and O–H groups in total. The van der Waals surface area contributed by atoms with E-state index in [9.17, 15) is 14.1 Å². The number of hydrogen-bond acceptors (Lipinski definition) is 5. The number of aromatic nitrogens is 2. The molecule has 0 aliphatic rings. The summed E-state index contributed by atoms with van der Waals surface area (Å²) in [6.07, 6.45) is 4.75. The Hall–Kier alpha value is -3.22. The predicted molar refractivity (Wildman–Crippen MR) is 121 cm³/mol. The van der Waals surface area contributed by atoms with Crippen LogP contribution in [-0.2, 0) is 17.9 Å². The molecule has 2 heterocycles. The first kappa shape index (κ1) is 25.8. The van der Waals surface area contributed by atoms with E-state index in [0.29, 0.717) is 28.6 Å². The molecule has 0 fully saturated rings. The summed E-state index contributed by atoms with van der Waals surface area (Å²) in [6, 6.07) is 8.89. The fraction of sp³-hybridized carbons (Fsp3) is 0.375. The standard InChI is InChI=1S/C19H17FN2O4.C3H8.C2H6/c1-3-14-15-10-21-9-8-16(15)22(18(23)17(14)19(24)26-20)11-12-4-6-13(25-2)7-5-12;1-3-2;1-2/h4-10H,3,11H2,1-2H3;3H2,1-2H3;1-2H3. The third kappa shape index (κ3) is 6.13. The van der Waals surface area contributed by atoms with Crippen LogP contribution in [0.15, 0.2) is 47.5 Å². The highest BCUT2D eigenvalue weighted by atomic mass is 19.3. The molecule has 31 heavy (non-hydrogen) atoms. The molecule has 7 heteroatoms. The topological polar surface area (TPSA) is 70.4 Å². The minimum absolute atomic E-state index is 0.208. The maximum atomic E-state index is 12.9. The van der Waals surface area contributed by atoms with Gasteiger partial charge in [0, 0.05) is 22.3 Å². The Labute approximate surface area is 182 Å². The van der Waals surface area contributed by atoms with Gasteiger partial charge in [0.15, 0.2) is 0 Å². The number of rotatable bonds is 5. The Morgan fingerprint density at radius 2 is 1.71 bits per heavy atom. The van der Waals surface area contributed by atoms with Gasteiger partial charge in [-0.2, -0.15) is 0 Å². The Kier molecular flexibility index (Phi) is 11.0. The molecule has 0 aliphatic heterocycles. The summed E-state index contributed by atoms with van der Waals surface area (Å²) in [5.74, 6) is -0.598. The second-order valence-corrected chi connectivity index (χ2v) is 6.41. The van der Waals surface area contributed by atoms with Crippen LogP contribution in [0, 0.1) is 0 Å². The zero-order valence-electron chi connectivity index (χ0n) is 19.1. The first-order valence-corrected chi connectivity index (χ1v) is 10.5. The Balaban J connectivity index is 0.000000884. The number of fused-ring (bicyclic) bond motifs is 1. The minimum Gasteiger partial charge on any atom is -0.497 e. The van der Waals surface area contributed by atoms with Crippen molar-refractivity contribution in [1.29, 1.82) is 0 Å². The van der Waals surface area contributed by atoms with Crippen LogP contribution in [0.1, 0.15) is 62.5 Å². The second-order valence-electron chi connectivity index (χ2n) is 6.41. The number of nitrogens with zero attached hydrogens (tertiary/aromatic N) is 2. The molecule has 0 radical (unpaired) electrons. The van der Waals surface area contributed by atoms with Crippen molar-refractivity contribution in [3.8, 4) is 5.75 Å². The van der Waals surface area contributed by atoms with Crippen molar-refractivity contribution >= 4 is 16.9 Å². The third-order valence-corrected chi connectivity index (χ3v) is 4.30. The fourth-order valence-corrected chi connectivity index (χ4v) is 3.05. The van der Waals surface area contributed by atoms with Gasteiger partial charge in [-0.15, -0.1) is 0 Å². The van der Waals surface area contributed by atoms with Gasteiger partial charge in [-0.05, 0) is 35.7 Å². The molecule has 0 aliphatic carbocycles. The quantitative estimate of drug-likeness (QED) is 0.535. The number of hydrogen-bond donors (Lipinski definition) is 0. The molecule has 3 rings (SSSR count). The van der Waals surface area contributed by atoms with Crippen molar-refractivity contribution in [2.45, 2.75) is 54.0 Å². The molecule has 3 aromatic rings. The van der Waals surface area contributed by atoms with Gasteiger partial charge in [0.25, 0.3) is 5.56 Å². The zero-order valence-corrected chi connectivity index (χ0v) is 19.1. The van der Waals surface area contributed by atoms with Gasteiger partial charge >= 0.3 is 5.97 Å². The van der Waals surface area contributed by atoms with E-state index in [1.807, 2.05) is 26.0 Å².